The standard InChI is InChI=1S/C18H27NO3.C2HF3O2/c1-3-21-17-11-18(22-13-17)8-5-9-19(14-18)12-15-6-4-7-16(10-15)20-2;3-2(4,5)1(6)7/h4,6-7,10,17H,3,5,8-9,11-14H2,1-2H3;(H,6,7)/t17-,18+;/m1./s1. The van der Waals surface area contributed by atoms with Gasteiger partial charge in [-0.1, -0.05) is 12.1 Å². The van der Waals surface area contributed by atoms with Gasteiger partial charge in [0, 0.05) is 26.1 Å². The van der Waals surface area contributed by atoms with Crippen LogP contribution in [0.4, 0.5) is 13.2 Å². The van der Waals surface area contributed by atoms with Crippen molar-refractivity contribution in [2.75, 3.05) is 33.4 Å². The summed E-state index contributed by atoms with van der Waals surface area (Å²) in [4.78, 5) is 11.4. The first kappa shape index (κ1) is 23.4. The van der Waals surface area contributed by atoms with Gasteiger partial charge >= 0.3 is 12.1 Å². The van der Waals surface area contributed by atoms with E-state index in [2.05, 4.69) is 30.0 Å². The highest BCUT2D eigenvalue weighted by atomic mass is 19.4. The van der Waals surface area contributed by atoms with Gasteiger partial charge < -0.3 is 19.3 Å². The van der Waals surface area contributed by atoms with Gasteiger partial charge in [0.2, 0.25) is 0 Å². The van der Waals surface area contributed by atoms with E-state index in [1.165, 1.54) is 12.0 Å². The Kier molecular flexibility index (Phi) is 8.30. The summed E-state index contributed by atoms with van der Waals surface area (Å²) in [5, 5.41) is 7.12. The number of halogens is 3. The average Bonchev–Trinajstić information content (AvgIpc) is 3.03. The minimum atomic E-state index is -5.08. The third-order valence-corrected chi connectivity index (χ3v) is 4.98. The Balaban J connectivity index is 0.000000370. The fourth-order valence-electron chi connectivity index (χ4n) is 3.78. The van der Waals surface area contributed by atoms with Crippen LogP contribution < -0.4 is 4.74 Å². The fraction of sp³-hybridized carbons (Fsp3) is 0.650. The van der Waals surface area contributed by atoms with Crippen LogP contribution >= 0.6 is 0 Å². The molecule has 0 saturated carbocycles. The summed E-state index contributed by atoms with van der Waals surface area (Å²) in [6, 6.07) is 8.35. The van der Waals surface area contributed by atoms with E-state index in [1.807, 2.05) is 6.07 Å². The molecule has 0 aromatic heterocycles. The molecular weight excluding hydrogens is 391 g/mol. The largest absolute Gasteiger partial charge is 0.497 e. The van der Waals surface area contributed by atoms with E-state index in [9.17, 15) is 13.2 Å². The van der Waals surface area contributed by atoms with Crippen molar-refractivity contribution in [2.24, 2.45) is 0 Å². The van der Waals surface area contributed by atoms with E-state index in [1.54, 1.807) is 7.11 Å². The van der Waals surface area contributed by atoms with Gasteiger partial charge in [0.15, 0.2) is 0 Å². The zero-order valence-corrected chi connectivity index (χ0v) is 16.7. The maximum atomic E-state index is 10.6. The molecule has 2 atom stereocenters. The zero-order valence-electron chi connectivity index (χ0n) is 16.7. The number of nitrogens with zero attached hydrogens (tertiary/aromatic N) is 1. The van der Waals surface area contributed by atoms with E-state index in [4.69, 9.17) is 24.1 Å². The molecule has 2 aliphatic heterocycles. The molecule has 1 aromatic carbocycles. The smallest absolute Gasteiger partial charge is 0.490 e. The number of alkyl halides is 3. The number of likely N-dealkylation sites (tertiary alicyclic amines) is 1. The number of hydrogen-bond acceptors (Lipinski definition) is 5. The normalized spacial score (nSPS) is 24.8. The molecule has 2 heterocycles. The summed E-state index contributed by atoms with van der Waals surface area (Å²) in [5.41, 5.74) is 1.31. The highest BCUT2D eigenvalue weighted by Gasteiger charge is 2.43. The van der Waals surface area contributed by atoms with Crippen molar-refractivity contribution in [1.29, 1.82) is 0 Å². The average molecular weight is 419 g/mol. The summed E-state index contributed by atoms with van der Waals surface area (Å²) in [6.07, 6.45) is -1.41. The van der Waals surface area contributed by atoms with Gasteiger partial charge in [0.05, 0.1) is 25.4 Å². The topological polar surface area (TPSA) is 68.2 Å². The molecule has 1 spiro atoms. The van der Waals surface area contributed by atoms with Crippen LogP contribution in [0.2, 0.25) is 0 Å². The zero-order chi connectivity index (χ0) is 21.5. The Morgan fingerprint density at radius 2 is 2.14 bits per heavy atom. The summed E-state index contributed by atoms with van der Waals surface area (Å²) in [6.45, 7) is 6.69. The van der Waals surface area contributed by atoms with Crippen molar-refractivity contribution in [1.82, 2.24) is 4.90 Å². The molecule has 0 amide bonds. The minimum absolute atomic E-state index is 0.0109. The van der Waals surface area contributed by atoms with Crippen LogP contribution in [-0.2, 0) is 20.8 Å². The maximum absolute atomic E-state index is 10.6. The second kappa shape index (κ2) is 10.3. The first-order chi connectivity index (χ1) is 13.7. The van der Waals surface area contributed by atoms with Gasteiger partial charge in [0.1, 0.15) is 5.75 Å². The van der Waals surface area contributed by atoms with Crippen LogP contribution in [0.15, 0.2) is 24.3 Å². The molecule has 0 aliphatic carbocycles. The molecule has 6 nitrogen and oxygen atoms in total. The Hall–Kier alpha value is -1.84. The van der Waals surface area contributed by atoms with Gasteiger partial charge in [-0.15, -0.1) is 0 Å². The fourth-order valence-corrected chi connectivity index (χ4v) is 3.78. The number of aliphatic carboxylic acids is 1. The molecule has 0 bridgehead atoms. The number of rotatable bonds is 5. The summed E-state index contributed by atoms with van der Waals surface area (Å²) < 4.78 is 49.0. The van der Waals surface area contributed by atoms with Gasteiger partial charge in [-0.2, -0.15) is 13.2 Å². The summed E-state index contributed by atoms with van der Waals surface area (Å²) in [7, 11) is 1.72. The Labute approximate surface area is 168 Å². The molecule has 2 aliphatic rings. The van der Waals surface area contributed by atoms with Crippen molar-refractivity contribution in [3.63, 3.8) is 0 Å². The van der Waals surface area contributed by atoms with Crippen molar-refractivity contribution < 1.29 is 37.3 Å². The molecule has 0 unspecified atom stereocenters. The second-order valence-electron chi connectivity index (χ2n) is 7.24. The number of methoxy groups -OCH3 is 1. The molecule has 0 radical (unpaired) electrons. The lowest BCUT2D eigenvalue weighted by Crippen LogP contribution is -2.47. The number of carboxylic acid groups (broad SMARTS) is 1. The highest BCUT2D eigenvalue weighted by molar-refractivity contribution is 5.73. The lowest BCUT2D eigenvalue weighted by atomic mass is 9.89. The molecule has 1 N–H and O–H groups in total. The number of carboxylic acids is 1. The van der Waals surface area contributed by atoms with Gasteiger partial charge in [-0.3, -0.25) is 4.90 Å². The van der Waals surface area contributed by atoms with Crippen LogP contribution in [0.25, 0.3) is 0 Å². The van der Waals surface area contributed by atoms with Crippen molar-refractivity contribution in [2.45, 2.75) is 50.6 Å². The van der Waals surface area contributed by atoms with E-state index in [0.717, 1.165) is 51.4 Å². The Bertz CT molecular complexity index is 670. The third-order valence-electron chi connectivity index (χ3n) is 4.98. The van der Waals surface area contributed by atoms with Crippen LogP contribution in [0.5, 0.6) is 5.75 Å². The monoisotopic (exact) mass is 419 g/mol. The lowest BCUT2D eigenvalue weighted by Gasteiger charge is -2.39. The third kappa shape index (κ3) is 7.17. The SMILES string of the molecule is CCO[C@H]1CO[C@@]2(CCCN(Cc3cccc(OC)c3)C2)C1.O=C(O)C(F)(F)F. The van der Waals surface area contributed by atoms with Crippen molar-refractivity contribution in [3.05, 3.63) is 29.8 Å². The quantitative estimate of drug-likeness (QED) is 0.788. The first-order valence-corrected chi connectivity index (χ1v) is 9.58. The lowest BCUT2D eigenvalue weighted by molar-refractivity contribution is -0.192. The van der Waals surface area contributed by atoms with E-state index < -0.39 is 12.1 Å². The molecule has 164 valence electrons. The molecule has 2 saturated heterocycles. The number of piperidine rings is 1. The van der Waals surface area contributed by atoms with Gasteiger partial charge in [0.25, 0.3) is 0 Å². The predicted octanol–water partition coefficient (Wildman–Crippen LogP) is 3.49. The molecule has 3 rings (SSSR count). The van der Waals surface area contributed by atoms with E-state index in [0.29, 0.717) is 0 Å². The number of benzene rings is 1. The number of ether oxygens (including phenoxy) is 3. The van der Waals surface area contributed by atoms with Crippen LogP contribution in [0.1, 0.15) is 31.7 Å². The maximum Gasteiger partial charge on any atom is 0.490 e. The Morgan fingerprint density at radius 3 is 2.76 bits per heavy atom. The highest BCUT2D eigenvalue weighted by Crippen LogP contribution is 2.36. The number of hydrogen-bond donors (Lipinski definition) is 1. The van der Waals surface area contributed by atoms with E-state index >= 15 is 0 Å². The van der Waals surface area contributed by atoms with Crippen LogP contribution in [-0.4, -0.2) is 67.3 Å². The predicted molar refractivity (Wildman–Crippen MR) is 99.9 cm³/mol. The van der Waals surface area contributed by atoms with Gasteiger partial charge in [-0.25, -0.2) is 4.79 Å². The first-order valence-electron chi connectivity index (χ1n) is 9.58. The molecule has 1 aromatic rings. The second-order valence-corrected chi connectivity index (χ2v) is 7.24. The van der Waals surface area contributed by atoms with Crippen LogP contribution in [0, 0.1) is 0 Å². The molecule has 9 heteroatoms. The van der Waals surface area contributed by atoms with E-state index in [-0.39, 0.29) is 11.7 Å². The summed E-state index contributed by atoms with van der Waals surface area (Å²) >= 11 is 0. The molecular formula is C20H28F3NO5. The van der Waals surface area contributed by atoms with Gasteiger partial charge in [-0.05, 0) is 44.0 Å². The molecule has 2 fully saturated rings. The number of carbonyl (C=O) groups is 1. The van der Waals surface area contributed by atoms with Crippen molar-refractivity contribution in [3.8, 4) is 5.75 Å². The van der Waals surface area contributed by atoms with Crippen molar-refractivity contribution >= 4 is 5.97 Å². The summed E-state index contributed by atoms with van der Waals surface area (Å²) in [5.74, 6) is -1.83. The molecule has 29 heavy (non-hydrogen) atoms. The van der Waals surface area contributed by atoms with Crippen LogP contribution in [0.3, 0.4) is 0 Å². The Morgan fingerprint density at radius 1 is 1.41 bits per heavy atom. The minimum Gasteiger partial charge on any atom is -0.497 e.